The Morgan fingerprint density at radius 3 is 2.72 bits per heavy atom. The summed E-state index contributed by atoms with van der Waals surface area (Å²) >= 11 is 0. The van der Waals surface area contributed by atoms with Gasteiger partial charge in [0, 0.05) is 0 Å². The standard InChI is InChI=1S/C11H12N2O4S/c1-8-3-4-10(17-18(2,15)16)9(7-8)11(14)13-6-5-12/h3-4,7H,6H2,1-2H3,(H,13,14). The van der Waals surface area contributed by atoms with E-state index in [1.54, 1.807) is 19.1 Å². The summed E-state index contributed by atoms with van der Waals surface area (Å²) in [4.78, 5) is 11.7. The number of carbonyl (C=O) groups is 1. The van der Waals surface area contributed by atoms with Crippen molar-refractivity contribution in [3.05, 3.63) is 29.3 Å². The zero-order valence-electron chi connectivity index (χ0n) is 9.93. The molecule has 1 amide bonds. The molecule has 0 spiro atoms. The van der Waals surface area contributed by atoms with E-state index in [9.17, 15) is 13.2 Å². The molecule has 1 aromatic carbocycles. The number of nitrogens with one attached hydrogen (secondary N) is 1. The molecular weight excluding hydrogens is 256 g/mol. The highest BCUT2D eigenvalue weighted by Gasteiger charge is 2.15. The number of nitrogens with zero attached hydrogens (tertiary/aromatic N) is 1. The number of hydrogen-bond donors (Lipinski definition) is 1. The summed E-state index contributed by atoms with van der Waals surface area (Å²) in [6, 6.07) is 6.28. The summed E-state index contributed by atoms with van der Waals surface area (Å²) in [6.45, 7) is 1.59. The Labute approximate surface area is 105 Å². The van der Waals surface area contributed by atoms with E-state index in [0.29, 0.717) is 0 Å². The fourth-order valence-corrected chi connectivity index (χ4v) is 1.74. The van der Waals surface area contributed by atoms with E-state index in [1.807, 2.05) is 0 Å². The van der Waals surface area contributed by atoms with E-state index in [-0.39, 0.29) is 17.9 Å². The number of amides is 1. The molecular formula is C11H12N2O4S. The number of nitriles is 1. The third-order valence-corrected chi connectivity index (χ3v) is 2.43. The molecule has 0 heterocycles. The van der Waals surface area contributed by atoms with Gasteiger partial charge in [-0.1, -0.05) is 11.6 Å². The highest BCUT2D eigenvalue weighted by Crippen LogP contribution is 2.21. The maximum absolute atomic E-state index is 11.7. The SMILES string of the molecule is Cc1ccc(OS(C)(=O)=O)c(C(=O)NCC#N)c1. The van der Waals surface area contributed by atoms with Crippen molar-refractivity contribution in [3.8, 4) is 11.8 Å². The molecule has 6 nitrogen and oxygen atoms in total. The molecule has 0 bridgehead atoms. The molecule has 1 rings (SSSR count). The van der Waals surface area contributed by atoms with Crippen molar-refractivity contribution < 1.29 is 17.4 Å². The average Bonchev–Trinajstić information content (AvgIpc) is 2.26. The minimum absolute atomic E-state index is 0.0569. The normalized spacial score (nSPS) is 10.5. The largest absolute Gasteiger partial charge is 0.382 e. The second kappa shape index (κ2) is 5.51. The molecule has 18 heavy (non-hydrogen) atoms. The fourth-order valence-electron chi connectivity index (χ4n) is 1.27. The van der Waals surface area contributed by atoms with Crippen LogP contribution in [0.1, 0.15) is 15.9 Å². The molecule has 1 aromatic rings. The third-order valence-electron chi connectivity index (χ3n) is 1.95. The highest BCUT2D eigenvalue weighted by molar-refractivity contribution is 7.86. The van der Waals surface area contributed by atoms with Crippen LogP contribution in [-0.4, -0.2) is 27.1 Å². The van der Waals surface area contributed by atoms with E-state index in [1.165, 1.54) is 12.1 Å². The average molecular weight is 268 g/mol. The number of aryl methyl sites for hydroxylation is 1. The van der Waals surface area contributed by atoms with Gasteiger partial charge in [0.1, 0.15) is 6.54 Å². The number of hydrogen-bond acceptors (Lipinski definition) is 5. The predicted octanol–water partition coefficient (Wildman–Crippen LogP) is 0.587. The monoisotopic (exact) mass is 268 g/mol. The van der Waals surface area contributed by atoms with E-state index in [0.717, 1.165) is 11.8 Å². The molecule has 0 fully saturated rings. The van der Waals surface area contributed by atoms with Crippen molar-refractivity contribution in [1.29, 1.82) is 5.26 Å². The predicted molar refractivity (Wildman–Crippen MR) is 64.6 cm³/mol. The second-order valence-corrected chi connectivity index (χ2v) is 5.20. The summed E-state index contributed by atoms with van der Waals surface area (Å²) in [5, 5.41) is 10.7. The molecule has 0 aliphatic heterocycles. The van der Waals surface area contributed by atoms with Gasteiger partial charge in [-0.25, -0.2) is 0 Å². The van der Waals surface area contributed by atoms with Crippen LogP contribution in [0, 0.1) is 18.3 Å². The minimum atomic E-state index is -3.71. The van der Waals surface area contributed by atoms with Gasteiger partial charge in [0.25, 0.3) is 5.91 Å². The maximum atomic E-state index is 11.7. The quantitative estimate of drug-likeness (QED) is 0.636. The highest BCUT2D eigenvalue weighted by atomic mass is 32.2. The Morgan fingerprint density at radius 2 is 2.17 bits per heavy atom. The summed E-state index contributed by atoms with van der Waals surface area (Å²) in [7, 11) is -3.71. The molecule has 0 aromatic heterocycles. The zero-order chi connectivity index (χ0) is 13.8. The van der Waals surface area contributed by atoms with Crippen molar-refractivity contribution in [1.82, 2.24) is 5.32 Å². The van der Waals surface area contributed by atoms with Gasteiger partial charge < -0.3 is 9.50 Å². The van der Waals surface area contributed by atoms with E-state index in [2.05, 4.69) is 5.32 Å². The number of benzene rings is 1. The molecule has 0 aliphatic carbocycles. The Kier molecular flexibility index (Phi) is 4.28. The molecule has 7 heteroatoms. The Hall–Kier alpha value is -2.07. The van der Waals surface area contributed by atoms with Gasteiger partial charge >= 0.3 is 10.1 Å². The first kappa shape index (κ1) is 14.0. The van der Waals surface area contributed by atoms with Crippen LogP contribution in [0.2, 0.25) is 0 Å². The number of rotatable bonds is 4. The molecule has 1 N–H and O–H groups in total. The summed E-state index contributed by atoms with van der Waals surface area (Å²) in [5.74, 6) is -0.613. The summed E-state index contributed by atoms with van der Waals surface area (Å²) in [6.07, 6.45) is 0.893. The Balaban J connectivity index is 3.12. The van der Waals surface area contributed by atoms with Crippen LogP contribution >= 0.6 is 0 Å². The van der Waals surface area contributed by atoms with E-state index < -0.39 is 16.0 Å². The van der Waals surface area contributed by atoms with Gasteiger partial charge in [-0.05, 0) is 19.1 Å². The van der Waals surface area contributed by atoms with Crippen LogP contribution < -0.4 is 9.50 Å². The first-order valence-corrected chi connectivity index (χ1v) is 6.80. The van der Waals surface area contributed by atoms with Crippen LogP contribution in [0.15, 0.2) is 18.2 Å². The van der Waals surface area contributed by atoms with Gasteiger partial charge in [0.2, 0.25) is 0 Å². The molecule has 0 saturated heterocycles. The van der Waals surface area contributed by atoms with E-state index in [4.69, 9.17) is 9.44 Å². The molecule has 0 unspecified atom stereocenters. The summed E-state index contributed by atoms with van der Waals surface area (Å²) < 4.78 is 26.9. The van der Waals surface area contributed by atoms with Crippen LogP contribution in [0.5, 0.6) is 5.75 Å². The molecule has 0 aliphatic rings. The molecule has 96 valence electrons. The van der Waals surface area contributed by atoms with Crippen LogP contribution in [-0.2, 0) is 10.1 Å². The lowest BCUT2D eigenvalue weighted by atomic mass is 10.1. The van der Waals surface area contributed by atoms with Crippen LogP contribution in [0.3, 0.4) is 0 Å². The Bertz CT molecular complexity index is 602. The third kappa shape index (κ3) is 4.07. The maximum Gasteiger partial charge on any atom is 0.306 e. The number of carbonyl (C=O) groups excluding carboxylic acids is 1. The van der Waals surface area contributed by atoms with Gasteiger partial charge in [-0.15, -0.1) is 0 Å². The first-order chi connectivity index (χ1) is 8.33. The van der Waals surface area contributed by atoms with Gasteiger partial charge in [-0.2, -0.15) is 13.7 Å². The minimum Gasteiger partial charge on any atom is -0.382 e. The second-order valence-electron chi connectivity index (χ2n) is 3.63. The lowest BCUT2D eigenvalue weighted by Gasteiger charge is -2.09. The van der Waals surface area contributed by atoms with Crippen molar-refractivity contribution in [2.24, 2.45) is 0 Å². The fraction of sp³-hybridized carbons (Fsp3) is 0.273. The molecule has 0 atom stereocenters. The smallest absolute Gasteiger partial charge is 0.306 e. The lowest BCUT2D eigenvalue weighted by Crippen LogP contribution is -2.24. The van der Waals surface area contributed by atoms with Crippen molar-refractivity contribution in [2.45, 2.75) is 6.92 Å². The summed E-state index contributed by atoms with van der Waals surface area (Å²) in [5.41, 5.74) is 0.855. The van der Waals surface area contributed by atoms with Crippen LogP contribution in [0.25, 0.3) is 0 Å². The van der Waals surface area contributed by atoms with E-state index >= 15 is 0 Å². The topological polar surface area (TPSA) is 96.3 Å². The molecule has 0 radical (unpaired) electrons. The Morgan fingerprint density at radius 1 is 1.50 bits per heavy atom. The van der Waals surface area contributed by atoms with Crippen molar-refractivity contribution in [2.75, 3.05) is 12.8 Å². The van der Waals surface area contributed by atoms with Crippen LogP contribution in [0.4, 0.5) is 0 Å². The van der Waals surface area contributed by atoms with Gasteiger partial charge in [0.05, 0.1) is 17.9 Å². The van der Waals surface area contributed by atoms with Gasteiger partial charge in [-0.3, -0.25) is 4.79 Å². The molecule has 0 saturated carbocycles. The first-order valence-electron chi connectivity index (χ1n) is 4.99. The van der Waals surface area contributed by atoms with Crippen molar-refractivity contribution in [3.63, 3.8) is 0 Å². The lowest BCUT2D eigenvalue weighted by molar-refractivity contribution is 0.0957. The van der Waals surface area contributed by atoms with Gasteiger partial charge in [0.15, 0.2) is 5.75 Å². The van der Waals surface area contributed by atoms with Crippen molar-refractivity contribution >= 4 is 16.0 Å². The zero-order valence-corrected chi connectivity index (χ0v) is 10.7.